The predicted molar refractivity (Wildman–Crippen MR) is 264 cm³/mol. The molecule has 0 aromatic carbocycles. The van der Waals surface area contributed by atoms with Gasteiger partial charge >= 0.3 is 0 Å². The number of nitrogens with one attached hydrogen (secondary N) is 1. The molecule has 0 aliphatic rings. The van der Waals surface area contributed by atoms with Gasteiger partial charge < -0.3 is 20.6 Å². The number of aliphatic hydroxyl groups excluding tert-OH is 3. The molecule has 0 heterocycles. The molecule has 3 unspecified atom stereocenters. The summed E-state index contributed by atoms with van der Waals surface area (Å²) in [6, 6.07) is -0.831. The molecule has 0 rings (SSSR count). The molecule has 1 amide bonds. The van der Waals surface area contributed by atoms with E-state index in [0.717, 1.165) is 57.8 Å². The first-order valence-corrected chi connectivity index (χ1v) is 26.4. The summed E-state index contributed by atoms with van der Waals surface area (Å²) in [4.78, 5) is 12.4. The van der Waals surface area contributed by atoms with Gasteiger partial charge in [-0.3, -0.25) is 4.79 Å². The third-order valence-corrected chi connectivity index (χ3v) is 12.1. The van der Waals surface area contributed by atoms with Crippen molar-refractivity contribution in [3.05, 3.63) is 48.6 Å². The summed E-state index contributed by atoms with van der Waals surface area (Å²) in [5, 5.41) is 33.4. The Morgan fingerprint density at radius 1 is 0.433 bits per heavy atom. The van der Waals surface area contributed by atoms with Crippen molar-refractivity contribution in [1.82, 2.24) is 5.32 Å². The first-order valence-electron chi connectivity index (χ1n) is 26.4. The first-order chi connectivity index (χ1) is 29.6. The SMILES string of the molecule is CC/C=C/CC/C=C/CCCC(O)C(O)C(CO)NC(=O)CCCCCCCCCCCCCCCCCCC/C=C\C/C=C\CCCCCCCCCCCCCCC. The second-order valence-electron chi connectivity index (χ2n) is 18.0. The zero-order valence-electron chi connectivity index (χ0n) is 40.1. The molecule has 0 bridgehead atoms. The summed E-state index contributed by atoms with van der Waals surface area (Å²) in [5.41, 5.74) is 0. The van der Waals surface area contributed by atoms with Gasteiger partial charge in [-0.15, -0.1) is 0 Å². The van der Waals surface area contributed by atoms with Crippen molar-refractivity contribution in [2.45, 2.75) is 289 Å². The van der Waals surface area contributed by atoms with E-state index in [-0.39, 0.29) is 12.5 Å². The van der Waals surface area contributed by atoms with Crippen molar-refractivity contribution < 1.29 is 20.1 Å². The maximum atomic E-state index is 12.4. The van der Waals surface area contributed by atoms with Crippen LogP contribution in [0.2, 0.25) is 0 Å². The zero-order valence-corrected chi connectivity index (χ0v) is 40.1. The predicted octanol–water partition coefficient (Wildman–Crippen LogP) is 16.1. The van der Waals surface area contributed by atoms with E-state index < -0.39 is 18.2 Å². The van der Waals surface area contributed by atoms with Crippen LogP contribution in [0, 0.1) is 0 Å². The molecule has 0 spiro atoms. The van der Waals surface area contributed by atoms with Crippen molar-refractivity contribution in [2.24, 2.45) is 0 Å². The summed E-state index contributed by atoms with van der Waals surface area (Å²) in [5.74, 6) is -0.160. The van der Waals surface area contributed by atoms with Crippen LogP contribution in [0.15, 0.2) is 48.6 Å². The van der Waals surface area contributed by atoms with Crippen LogP contribution in [0.4, 0.5) is 0 Å². The van der Waals surface area contributed by atoms with Gasteiger partial charge in [-0.25, -0.2) is 0 Å². The third-order valence-electron chi connectivity index (χ3n) is 12.1. The van der Waals surface area contributed by atoms with Crippen molar-refractivity contribution in [2.75, 3.05) is 6.61 Å². The molecule has 0 radical (unpaired) electrons. The lowest BCUT2D eigenvalue weighted by molar-refractivity contribution is -0.124. The highest BCUT2D eigenvalue weighted by Gasteiger charge is 2.26. The number of unbranched alkanes of at least 4 members (excludes halogenated alkanes) is 32. The minimum atomic E-state index is -1.17. The van der Waals surface area contributed by atoms with Crippen LogP contribution in [0.5, 0.6) is 0 Å². The monoisotopic (exact) mass is 842 g/mol. The summed E-state index contributed by atoms with van der Waals surface area (Å²) < 4.78 is 0. The average molecular weight is 842 g/mol. The number of hydrogen-bond acceptors (Lipinski definition) is 4. The smallest absolute Gasteiger partial charge is 0.220 e. The molecular formula is C55H103NO4. The van der Waals surface area contributed by atoms with Crippen LogP contribution in [0.25, 0.3) is 0 Å². The number of aliphatic hydroxyl groups is 3. The molecule has 0 aliphatic heterocycles. The van der Waals surface area contributed by atoms with Crippen LogP contribution in [-0.2, 0) is 4.79 Å². The fourth-order valence-electron chi connectivity index (χ4n) is 8.10. The maximum Gasteiger partial charge on any atom is 0.220 e. The van der Waals surface area contributed by atoms with Gasteiger partial charge in [0.1, 0.15) is 6.10 Å². The Labute approximate surface area is 374 Å². The van der Waals surface area contributed by atoms with E-state index in [2.05, 4.69) is 67.8 Å². The molecular weight excluding hydrogens is 739 g/mol. The van der Waals surface area contributed by atoms with Gasteiger partial charge in [0.15, 0.2) is 0 Å². The topological polar surface area (TPSA) is 89.8 Å². The van der Waals surface area contributed by atoms with E-state index in [1.807, 2.05) is 0 Å². The van der Waals surface area contributed by atoms with Crippen LogP contribution in [0.3, 0.4) is 0 Å². The molecule has 352 valence electrons. The Bertz CT molecular complexity index is 974. The fourth-order valence-corrected chi connectivity index (χ4v) is 8.10. The Kier molecular flexibility index (Phi) is 48.6. The Hall–Kier alpha value is -1.69. The Balaban J connectivity index is 3.45. The molecule has 60 heavy (non-hydrogen) atoms. The molecule has 0 aromatic rings. The molecule has 5 nitrogen and oxygen atoms in total. The highest BCUT2D eigenvalue weighted by molar-refractivity contribution is 5.76. The maximum absolute atomic E-state index is 12.4. The summed E-state index contributed by atoms with van der Waals surface area (Å²) in [6.45, 7) is 4.04. The second-order valence-corrected chi connectivity index (χ2v) is 18.0. The van der Waals surface area contributed by atoms with Crippen LogP contribution >= 0.6 is 0 Å². The average Bonchev–Trinajstić information content (AvgIpc) is 3.25. The number of rotatable bonds is 48. The van der Waals surface area contributed by atoms with Gasteiger partial charge in [0.2, 0.25) is 5.91 Å². The van der Waals surface area contributed by atoms with Crippen LogP contribution < -0.4 is 5.32 Å². The minimum absolute atomic E-state index is 0.160. The van der Waals surface area contributed by atoms with Crippen molar-refractivity contribution >= 4 is 5.91 Å². The lowest BCUT2D eigenvalue weighted by Crippen LogP contribution is -2.50. The summed E-state index contributed by atoms with van der Waals surface area (Å²) in [6.07, 6.45) is 65.8. The van der Waals surface area contributed by atoms with E-state index in [0.29, 0.717) is 12.8 Å². The van der Waals surface area contributed by atoms with E-state index >= 15 is 0 Å². The Morgan fingerprint density at radius 2 is 0.783 bits per heavy atom. The number of amides is 1. The number of carbonyl (C=O) groups excluding carboxylic acids is 1. The largest absolute Gasteiger partial charge is 0.394 e. The highest BCUT2D eigenvalue weighted by atomic mass is 16.3. The molecule has 4 N–H and O–H groups in total. The fraction of sp³-hybridized carbons (Fsp3) is 0.836. The van der Waals surface area contributed by atoms with Crippen LogP contribution in [0.1, 0.15) is 271 Å². The summed E-state index contributed by atoms with van der Waals surface area (Å²) in [7, 11) is 0. The van der Waals surface area contributed by atoms with Gasteiger partial charge in [0.05, 0.1) is 18.8 Å². The van der Waals surface area contributed by atoms with Crippen LogP contribution in [-0.4, -0.2) is 46.1 Å². The van der Waals surface area contributed by atoms with Gasteiger partial charge in [-0.1, -0.05) is 236 Å². The second kappa shape index (κ2) is 50.0. The zero-order chi connectivity index (χ0) is 43.7. The number of allylic oxidation sites excluding steroid dienone is 8. The lowest BCUT2D eigenvalue weighted by atomic mass is 10.0. The molecule has 0 fully saturated rings. The first kappa shape index (κ1) is 58.3. The van der Waals surface area contributed by atoms with E-state index in [9.17, 15) is 20.1 Å². The van der Waals surface area contributed by atoms with E-state index in [1.165, 1.54) is 186 Å². The molecule has 0 saturated heterocycles. The third kappa shape index (κ3) is 44.4. The number of carbonyl (C=O) groups is 1. The molecule has 0 aliphatic carbocycles. The van der Waals surface area contributed by atoms with E-state index in [1.54, 1.807) is 0 Å². The molecule has 5 heteroatoms. The molecule has 0 saturated carbocycles. The number of hydrogen-bond donors (Lipinski definition) is 4. The molecule has 3 atom stereocenters. The standard InChI is InChI=1S/C55H103NO4/c1-3-5-7-9-11-13-14-15-16-17-18-19-20-21-22-23-24-25-26-27-28-29-30-31-32-33-34-35-36-37-38-39-40-42-44-46-48-50-54(59)56-52(51-57)55(60)53(58)49-47-45-43-41-12-10-8-6-4-2/h6,8,22-23,25-26,41,43,52-53,55,57-58,60H,3-5,7,9-21,24,27-40,42,44-51H2,1-2H3,(H,56,59)/b8-6+,23-22-,26-25-,43-41+. The quantitative estimate of drug-likeness (QED) is 0.0363. The Morgan fingerprint density at radius 3 is 1.20 bits per heavy atom. The van der Waals surface area contributed by atoms with Gasteiger partial charge in [0.25, 0.3) is 0 Å². The highest BCUT2D eigenvalue weighted by Crippen LogP contribution is 2.17. The van der Waals surface area contributed by atoms with Crippen molar-refractivity contribution in [3.63, 3.8) is 0 Å². The van der Waals surface area contributed by atoms with Crippen molar-refractivity contribution in [1.29, 1.82) is 0 Å². The lowest BCUT2D eigenvalue weighted by Gasteiger charge is -2.26. The van der Waals surface area contributed by atoms with Gasteiger partial charge in [-0.05, 0) is 77.0 Å². The van der Waals surface area contributed by atoms with Gasteiger partial charge in [-0.2, -0.15) is 0 Å². The minimum Gasteiger partial charge on any atom is -0.394 e. The summed E-state index contributed by atoms with van der Waals surface area (Å²) >= 11 is 0. The van der Waals surface area contributed by atoms with E-state index in [4.69, 9.17) is 0 Å². The molecule has 0 aromatic heterocycles. The van der Waals surface area contributed by atoms with Gasteiger partial charge in [0, 0.05) is 6.42 Å². The normalized spacial score (nSPS) is 13.8. The van der Waals surface area contributed by atoms with Crippen molar-refractivity contribution in [3.8, 4) is 0 Å².